The minimum atomic E-state index is -0.572. The fraction of sp³-hybridized carbons (Fsp3) is 0.500. The first-order valence-electron chi connectivity index (χ1n) is 6.44. The molecule has 0 spiro atoms. The second-order valence-corrected chi connectivity index (χ2v) is 5.03. The summed E-state index contributed by atoms with van der Waals surface area (Å²) in [6, 6.07) is 1.48. The van der Waals surface area contributed by atoms with Crippen LogP contribution in [0.15, 0.2) is 22.5 Å². The third-order valence-electron chi connectivity index (χ3n) is 2.66. The van der Waals surface area contributed by atoms with E-state index in [0.717, 1.165) is 0 Å². The molecule has 1 rings (SSSR count). The first-order chi connectivity index (χ1) is 9.88. The van der Waals surface area contributed by atoms with E-state index < -0.39 is 11.9 Å². The van der Waals surface area contributed by atoms with E-state index in [0.29, 0.717) is 12.0 Å². The van der Waals surface area contributed by atoms with Gasteiger partial charge in [0.2, 0.25) is 0 Å². The Bertz CT molecular complexity index is 519. The number of hydrogen-bond donors (Lipinski definition) is 0. The zero-order valence-electron chi connectivity index (χ0n) is 12.8. The highest BCUT2D eigenvalue weighted by molar-refractivity contribution is 5.77. The number of nitrogens with zero attached hydrogens (tertiary/aromatic N) is 2. The van der Waals surface area contributed by atoms with Crippen LogP contribution in [0.5, 0.6) is 5.88 Å². The van der Waals surface area contributed by atoms with Crippen LogP contribution in [0.2, 0.25) is 0 Å². The molecule has 0 bridgehead atoms. The van der Waals surface area contributed by atoms with Crippen molar-refractivity contribution in [3.05, 3.63) is 23.8 Å². The molecule has 0 aliphatic rings. The minimum absolute atomic E-state index is 0.0268. The lowest BCUT2D eigenvalue weighted by atomic mass is 9.93. The Hall–Kier alpha value is -2.31. The Balaban J connectivity index is 2.94. The topological polar surface area (TPSA) is 81.9 Å². The van der Waals surface area contributed by atoms with E-state index >= 15 is 0 Å². The van der Waals surface area contributed by atoms with Crippen molar-refractivity contribution in [3.8, 4) is 5.88 Å². The summed E-state index contributed by atoms with van der Waals surface area (Å²) < 4.78 is 15.2. The number of hydrogen-bond acceptors (Lipinski definition) is 7. The molecule has 21 heavy (non-hydrogen) atoms. The van der Waals surface area contributed by atoms with Gasteiger partial charge in [0.25, 0.3) is 5.88 Å². The summed E-state index contributed by atoms with van der Waals surface area (Å²) in [5, 5.41) is 3.71. The van der Waals surface area contributed by atoms with E-state index in [1.54, 1.807) is 19.0 Å². The molecule has 1 atom stereocenters. The highest BCUT2D eigenvalue weighted by Crippen LogP contribution is 2.28. The first-order valence-corrected chi connectivity index (χ1v) is 6.44. The van der Waals surface area contributed by atoms with Gasteiger partial charge in [0.1, 0.15) is 5.92 Å². The standard InChI is InChI=1S/C14H20N2O5/c1-9(2)13(14(18)19-5)11-6-12(15-21-11)20-10(8-17)7-16(3)4/h6-9,13H,1-5H3/b10-7+. The van der Waals surface area contributed by atoms with Gasteiger partial charge in [-0.1, -0.05) is 13.8 Å². The Morgan fingerprint density at radius 3 is 2.57 bits per heavy atom. The molecule has 0 fully saturated rings. The second-order valence-electron chi connectivity index (χ2n) is 5.03. The van der Waals surface area contributed by atoms with Gasteiger partial charge >= 0.3 is 5.97 Å². The molecule has 116 valence electrons. The second kappa shape index (κ2) is 7.47. The maximum Gasteiger partial charge on any atom is 0.316 e. The zero-order valence-corrected chi connectivity index (χ0v) is 12.8. The lowest BCUT2D eigenvalue weighted by molar-refractivity contribution is -0.144. The summed E-state index contributed by atoms with van der Waals surface area (Å²) in [4.78, 5) is 24.3. The van der Waals surface area contributed by atoms with Crippen molar-refractivity contribution in [2.45, 2.75) is 19.8 Å². The van der Waals surface area contributed by atoms with E-state index in [2.05, 4.69) is 5.16 Å². The molecule has 1 heterocycles. The first kappa shape index (κ1) is 16.7. The van der Waals surface area contributed by atoms with Crippen LogP contribution in [-0.2, 0) is 14.3 Å². The number of ether oxygens (including phenoxy) is 2. The van der Waals surface area contributed by atoms with Crippen LogP contribution in [0.1, 0.15) is 25.5 Å². The molecule has 1 unspecified atom stereocenters. The van der Waals surface area contributed by atoms with Crippen LogP contribution in [-0.4, -0.2) is 43.5 Å². The lowest BCUT2D eigenvalue weighted by Crippen LogP contribution is -2.19. The van der Waals surface area contributed by atoms with E-state index in [1.165, 1.54) is 19.4 Å². The number of aromatic nitrogens is 1. The van der Waals surface area contributed by atoms with Gasteiger partial charge in [-0.15, -0.1) is 0 Å². The smallest absolute Gasteiger partial charge is 0.316 e. The summed E-state index contributed by atoms with van der Waals surface area (Å²) in [5.74, 6) is -0.480. The van der Waals surface area contributed by atoms with E-state index in [4.69, 9.17) is 14.0 Å². The Kier molecular flexibility index (Phi) is 5.95. The number of rotatable bonds is 7. The largest absolute Gasteiger partial charge is 0.468 e. The number of allylic oxidation sites excluding steroid dienone is 1. The average molecular weight is 296 g/mol. The van der Waals surface area contributed by atoms with Crippen LogP contribution in [0, 0.1) is 5.92 Å². The number of carbonyl (C=O) groups excluding carboxylic acids is 2. The Morgan fingerprint density at radius 1 is 1.43 bits per heavy atom. The lowest BCUT2D eigenvalue weighted by Gasteiger charge is -2.14. The SMILES string of the molecule is COC(=O)C(c1cc(O/C(C=O)=C/N(C)C)no1)C(C)C. The maximum atomic E-state index is 11.8. The van der Waals surface area contributed by atoms with Gasteiger partial charge in [-0.2, -0.15) is 0 Å². The molecule has 0 aliphatic carbocycles. The van der Waals surface area contributed by atoms with Crippen molar-refractivity contribution >= 4 is 12.3 Å². The molecular formula is C14H20N2O5. The fourth-order valence-electron chi connectivity index (χ4n) is 1.77. The monoisotopic (exact) mass is 296 g/mol. The molecule has 0 saturated heterocycles. The molecule has 0 saturated carbocycles. The molecule has 0 amide bonds. The van der Waals surface area contributed by atoms with Crippen molar-refractivity contribution in [2.75, 3.05) is 21.2 Å². The van der Waals surface area contributed by atoms with Crippen molar-refractivity contribution in [2.24, 2.45) is 5.92 Å². The summed E-state index contributed by atoms with van der Waals surface area (Å²) >= 11 is 0. The van der Waals surface area contributed by atoms with Crippen molar-refractivity contribution in [1.29, 1.82) is 0 Å². The van der Waals surface area contributed by atoms with E-state index in [-0.39, 0.29) is 17.6 Å². The van der Waals surface area contributed by atoms with Gasteiger partial charge in [0, 0.05) is 26.4 Å². The van der Waals surface area contributed by atoms with Crippen LogP contribution >= 0.6 is 0 Å². The summed E-state index contributed by atoms with van der Waals surface area (Å²) in [7, 11) is 4.83. The Labute approximate surface area is 123 Å². The quantitative estimate of drug-likeness (QED) is 0.327. The summed E-state index contributed by atoms with van der Waals surface area (Å²) in [6.45, 7) is 3.74. The van der Waals surface area contributed by atoms with Gasteiger partial charge in [0.05, 0.1) is 7.11 Å². The molecule has 0 radical (unpaired) electrons. The van der Waals surface area contributed by atoms with E-state index in [1.807, 2.05) is 13.8 Å². The van der Waals surface area contributed by atoms with Crippen molar-refractivity contribution in [1.82, 2.24) is 10.1 Å². The highest BCUT2D eigenvalue weighted by Gasteiger charge is 2.29. The molecule has 0 aromatic carbocycles. The maximum absolute atomic E-state index is 11.8. The van der Waals surface area contributed by atoms with Crippen molar-refractivity contribution in [3.63, 3.8) is 0 Å². The summed E-state index contributed by atoms with van der Waals surface area (Å²) in [5.41, 5.74) is 0. The minimum Gasteiger partial charge on any atom is -0.468 e. The Morgan fingerprint density at radius 2 is 2.10 bits per heavy atom. The zero-order chi connectivity index (χ0) is 16.0. The normalized spacial score (nSPS) is 13.0. The molecular weight excluding hydrogens is 276 g/mol. The van der Waals surface area contributed by atoms with Crippen LogP contribution in [0.4, 0.5) is 0 Å². The third-order valence-corrected chi connectivity index (χ3v) is 2.66. The van der Waals surface area contributed by atoms with Gasteiger partial charge in [-0.25, -0.2) is 0 Å². The molecule has 0 N–H and O–H groups in total. The number of aldehydes is 1. The fourth-order valence-corrected chi connectivity index (χ4v) is 1.77. The number of carbonyl (C=O) groups is 2. The van der Waals surface area contributed by atoms with E-state index in [9.17, 15) is 9.59 Å². The van der Waals surface area contributed by atoms with Crippen molar-refractivity contribution < 1.29 is 23.6 Å². The number of methoxy groups -OCH3 is 1. The molecule has 7 nitrogen and oxygen atoms in total. The van der Waals surface area contributed by atoms with Crippen LogP contribution in [0.3, 0.4) is 0 Å². The summed E-state index contributed by atoms with van der Waals surface area (Å²) in [6.07, 6.45) is 2.07. The third kappa shape index (κ3) is 4.62. The molecule has 1 aromatic heterocycles. The molecule has 0 aliphatic heterocycles. The molecule has 1 aromatic rings. The highest BCUT2D eigenvalue weighted by atomic mass is 16.5. The molecule has 7 heteroatoms. The predicted octanol–water partition coefficient (Wildman–Crippen LogP) is 1.57. The van der Waals surface area contributed by atoms with Crippen LogP contribution in [0.25, 0.3) is 0 Å². The van der Waals surface area contributed by atoms with Gasteiger partial charge in [0.15, 0.2) is 17.8 Å². The van der Waals surface area contributed by atoms with Gasteiger partial charge < -0.3 is 18.9 Å². The van der Waals surface area contributed by atoms with Gasteiger partial charge in [-0.3, -0.25) is 9.59 Å². The van der Waals surface area contributed by atoms with Crippen LogP contribution < -0.4 is 4.74 Å². The number of esters is 1. The predicted molar refractivity (Wildman–Crippen MR) is 74.6 cm³/mol. The van der Waals surface area contributed by atoms with Gasteiger partial charge in [-0.05, 0) is 11.1 Å². The average Bonchev–Trinajstić information content (AvgIpc) is 2.85.